The van der Waals surface area contributed by atoms with Crippen molar-refractivity contribution in [3.63, 3.8) is 0 Å². The number of β-amino-alcohol motifs (C(OH)–C–C–N with tert-alkyl or cyclic N) is 1. The number of amides is 3. The van der Waals surface area contributed by atoms with Gasteiger partial charge in [-0.15, -0.1) is 0 Å². The number of aliphatic hydroxyl groups is 1. The zero-order valence-electron chi connectivity index (χ0n) is 14.2. The number of carbonyl (C=O) groups is 4. The Balaban J connectivity index is 2.07. The van der Waals surface area contributed by atoms with Crippen LogP contribution in [0.25, 0.3) is 0 Å². The number of nitrogens with two attached hydrogens (primary N) is 1. The van der Waals surface area contributed by atoms with Crippen molar-refractivity contribution in [3.8, 4) is 0 Å². The fourth-order valence-corrected chi connectivity index (χ4v) is 2.92. The Hall–Kier alpha value is -2.94. The Morgan fingerprint density at radius 3 is 2.38 bits per heavy atom. The summed E-state index contributed by atoms with van der Waals surface area (Å²) in [5.41, 5.74) is 6.08. The number of aliphatic hydroxyl groups excluding tert-OH is 1. The monoisotopic (exact) mass is 363 g/mol. The number of carboxylic acids is 1. The standard InChI is InChI=1S/C17H21N3O6/c1-9(21)20-8-12(22)7-14(20)16(24)19-13(15(18)23)6-10-2-4-11(5-3-10)17(25)26/h2-5,12-14,22H,6-8H2,1H3,(H2,18,23)(H,19,24)(H,25,26)/t12-,13-,14+/m1/s1. The predicted octanol–water partition coefficient (Wildman–Crippen LogP) is -1.12. The summed E-state index contributed by atoms with van der Waals surface area (Å²) in [6.07, 6.45) is -0.634. The molecule has 1 aromatic carbocycles. The third-order valence-corrected chi connectivity index (χ3v) is 4.29. The molecule has 1 aliphatic heterocycles. The van der Waals surface area contributed by atoms with Crippen LogP contribution in [0.15, 0.2) is 24.3 Å². The van der Waals surface area contributed by atoms with Gasteiger partial charge in [0.1, 0.15) is 12.1 Å². The number of likely N-dealkylation sites (tertiary alicyclic amines) is 1. The molecule has 1 saturated heterocycles. The molecule has 0 radical (unpaired) electrons. The maximum absolute atomic E-state index is 12.5. The second-order valence-corrected chi connectivity index (χ2v) is 6.25. The van der Waals surface area contributed by atoms with Crippen LogP contribution in [0.1, 0.15) is 29.3 Å². The maximum Gasteiger partial charge on any atom is 0.335 e. The molecule has 1 aliphatic rings. The first-order valence-corrected chi connectivity index (χ1v) is 8.06. The second-order valence-electron chi connectivity index (χ2n) is 6.25. The van der Waals surface area contributed by atoms with Gasteiger partial charge in [0.15, 0.2) is 0 Å². The van der Waals surface area contributed by atoms with Crippen molar-refractivity contribution >= 4 is 23.7 Å². The van der Waals surface area contributed by atoms with Gasteiger partial charge in [0.25, 0.3) is 0 Å². The van der Waals surface area contributed by atoms with E-state index in [1.54, 1.807) is 0 Å². The Bertz CT molecular complexity index is 718. The summed E-state index contributed by atoms with van der Waals surface area (Å²) < 4.78 is 0. The summed E-state index contributed by atoms with van der Waals surface area (Å²) in [5, 5.41) is 21.1. The zero-order chi connectivity index (χ0) is 19.4. The number of hydrogen-bond acceptors (Lipinski definition) is 5. The molecule has 1 fully saturated rings. The summed E-state index contributed by atoms with van der Waals surface area (Å²) in [4.78, 5) is 47.9. The van der Waals surface area contributed by atoms with Gasteiger partial charge in [-0.2, -0.15) is 0 Å². The van der Waals surface area contributed by atoms with Crippen LogP contribution in [0, 0.1) is 0 Å². The van der Waals surface area contributed by atoms with E-state index < -0.39 is 36.0 Å². The largest absolute Gasteiger partial charge is 0.478 e. The third-order valence-electron chi connectivity index (χ3n) is 4.29. The smallest absolute Gasteiger partial charge is 0.335 e. The van der Waals surface area contributed by atoms with E-state index in [-0.39, 0.29) is 30.9 Å². The number of benzene rings is 1. The Labute approximate surface area is 149 Å². The van der Waals surface area contributed by atoms with E-state index >= 15 is 0 Å². The van der Waals surface area contributed by atoms with E-state index in [1.807, 2.05) is 0 Å². The molecule has 3 amide bonds. The van der Waals surface area contributed by atoms with Gasteiger partial charge in [-0.05, 0) is 17.7 Å². The molecule has 0 bridgehead atoms. The number of carboxylic acid groups (broad SMARTS) is 1. The van der Waals surface area contributed by atoms with E-state index in [0.29, 0.717) is 5.56 Å². The summed E-state index contributed by atoms with van der Waals surface area (Å²) in [7, 11) is 0. The van der Waals surface area contributed by atoms with Gasteiger partial charge in [0, 0.05) is 26.3 Å². The van der Waals surface area contributed by atoms with E-state index in [2.05, 4.69) is 5.32 Å². The molecule has 9 heteroatoms. The lowest BCUT2D eigenvalue weighted by Gasteiger charge is -2.24. The van der Waals surface area contributed by atoms with Crippen LogP contribution in [-0.4, -0.2) is 63.5 Å². The Morgan fingerprint density at radius 1 is 1.27 bits per heavy atom. The molecular formula is C17H21N3O6. The van der Waals surface area contributed by atoms with Gasteiger partial charge in [0.2, 0.25) is 17.7 Å². The third kappa shape index (κ3) is 4.57. The number of rotatable bonds is 6. The Morgan fingerprint density at radius 2 is 1.88 bits per heavy atom. The summed E-state index contributed by atoms with van der Waals surface area (Å²) in [5.74, 6) is -2.74. The Kier molecular flexibility index (Phi) is 5.93. The van der Waals surface area contributed by atoms with Crippen molar-refractivity contribution in [1.82, 2.24) is 10.2 Å². The van der Waals surface area contributed by atoms with Crippen LogP contribution in [0.5, 0.6) is 0 Å². The van der Waals surface area contributed by atoms with Crippen LogP contribution >= 0.6 is 0 Å². The van der Waals surface area contributed by atoms with Gasteiger partial charge >= 0.3 is 5.97 Å². The predicted molar refractivity (Wildman–Crippen MR) is 90.0 cm³/mol. The minimum atomic E-state index is -1.07. The first-order valence-electron chi connectivity index (χ1n) is 8.06. The minimum absolute atomic E-state index is 0.0608. The van der Waals surface area contributed by atoms with Gasteiger partial charge in [-0.3, -0.25) is 14.4 Å². The van der Waals surface area contributed by atoms with Crippen molar-refractivity contribution in [2.24, 2.45) is 5.73 Å². The van der Waals surface area contributed by atoms with Crippen molar-refractivity contribution in [2.45, 2.75) is 38.0 Å². The molecule has 0 spiro atoms. The van der Waals surface area contributed by atoms with Gasteiger partial charge in [-0.1, -0.05) is 12.1 Å². The number of nitrogens with one attached hydrogen (secondary N) is 1. The van der Waals surface area contributed by atoms with E-state index in [0.717, 1.165) is 0 Å². The molecule has 9 nitrogen and oxygen atoms in total. The van der Waals surface area contributed by atoms with Gasteiger partial charge in [-0.25, -0.2) is 4.79 Å². The molecular weight excluding hydrogens is 342 g/mol. The lowest BCUT2D eigenvalue weighted by Crippen LogP contribution is -2.52. The molecule has 0 unspecified atom stereocenters. The topological polar surface area (TPSA) is 150 Å². The molecule has 0 aromatic heterocycles. The highest BCUT2D eigenvalue weighted by atomic mass is 16.4. The average molecular weight is 363 g/mol. The van der Waals surface area contributed by atoms with Crippen LogP contribution in [0.4, 0.5) is 0 Å². The molecule has 2 rings (SSSR count). The molecule has 0 aliphatic carbocycles. The van der Waals surface area contributed by atoms with Crippen LogP contribution in [0.3, 0.4) is 0 Å². The highest BCUT2D eigenvalue weighted by Crippen LogP contribution is 2.18. The molecule has 3 atom stereocenters. The number of nitrogens with zero attached hydrogens (tertiary/aromatic N) is 1. The number of aromatic carboxylic acids is 1. The van der Waals surface area contributed by atoms with Crippen molar-refractivity contribution in [1.29, 1.82) is 0 Å². The van der Waals surface area contributed by atoms with E-state index in [9.17, 15) is 24.3 Å². The van der Waals surface area contributed by atoms with Crippen LogP contribution in [-0.2, 0) is 20.8 Å². The molecule has 1 aromatic rings. The lowest BCUT2D eigenvalue weighted by atomic mass is 10.0. The summed E-state index contributed by atoms with van der Waals surface area (Å²) >= 11 is 0. The fourth-order valence-electron chi connectivity index (χ4n) is 2.92. The molecule has 26 heavy (non-hydrogen) atoms. The van der Waals surface area contributed by atoms with Crippen molar-refractivity contribution in [3.05, 3.63) is 35.4 Å². The van der Waals surface area contributed by atoms with Gasteiger partial charge in [0.05, 0.1) is 11.7 Å². The molecule has 1 heterocycles. The average Bonchev–Trinajstić information content (AvgIpc) is 2.97. The second kappa shape index (κ2) is 7.96. The first-order chi connectivity index (χ1) is 12.2. The van der Waals surface area contributed by atoms with Crippen LogP contribution in [0.2, 0.25) is 0 Å². The SMILES string of the molecule is CC(=O)N1C[C@H](O)C[C@H]1C(=O)N[C@H](Cc1ccc(C(=O)O)cc1)C(N)=O. The summed E-state index contributed by atoms with van der Waals surface area (Å²) in [6, 6.07) is 3.97. The lowest BCUT2D eigenvalue weighted by molar-refractivity contribution is -0.138. The fraction of sp³-hybridized carbons (Fsp3) is 0.412. The van der Waals surface area contributed by atoms with Crippen LogP contribution < -0.4 is 11.1 Å². The zero-order valence-corrected chi connectivity index (χ0v) is 14.2. The number of primary amides is 1. The van der Waals surface area contributed by atoms with Gasteiger partial charge < -0.3 is 26.2 Å². The quantitative estimate of drug-likeness (QED) is 0.503. The van der Waals surface area contributed by atoms with Crippen molar-refractivity contribution in [2.75, 3.05) is 6.54 Å². The van der Waals surface area contributed by atoms with E-state index in [4.69, 9.17) is 10.8 Å². The summed E-state index contributed by atoms with van der Waals surface area (Å²) in [6.45, 7) is 1.36. The minimum Gasteiger partial charge on any atom is -0.478 e. The highest BCUT2D eigenvalue weighted by molar-refractivity contribution is 5.92. The molecule has 5 N–H and O–H groups in total. The first kappa shape index (κ1) is 19.4. The van der Waals surface area contributed by atoms with Crippen molar-refractivity contribution < 1.29 is 29.4 Å². The maximum atomic E-state index is 12.5. The highest BCUT2D eigenvalue weighted by Gasteiger charge is 2.38. The number of hydrogen-bond donors (Lipinski definition) is 4. The van der Waals surface area contributed by atoms with E-state index in [1.165, 1.54) is 36.1 Å². The molecule has 0 saturated carbocycles. The number of carbonyl (C=O) groups excluding carboxylic acids is 3. The molecule has 140 valence electrons. The normalized spacial score (nSPS) is 20.5.